The lowest BCUT2D eigenvalue weighted by atomic mass is 9.90. The van der Waals surface area contributed by atoms with Gasteiger partial charge < -0.3 is 0 Å². The summed E-state index contributed by atoms with van der Waals surface area (Å²) in [5.41, 5.74) is 9.53. The van der Waals surface area contributed by atoms with Crippen molar-refractivity contribution >= 4 is 0 Å². The number of hydrogen-bond acceptors (Lipinski definition) is 2. The van der Waals surface area contributed by atoms with Crippen LogP contribution in [0.15, 0.2) is 35.4 Å². The molecule has 1 aromatic carbocycles. The second-order valence-corrected chi connectivity index (χ2v) is 4.72. The van der Waals surface area contributed by atoms with Gasteiger partial charge in [0.2, 0.25) is 0 Å². The Morgan fingerprint density at radius 1 is 1.41 bits per heavy atom. The van der Waals surface area contributed by atoms with Crippen LogP contribution in [-0.2, 0) is 6.54 Å². The van der Waals surface area contributed by atoms with Crippen molar-refractivity contribution in [1.82, 2.24) is 4.90 Å². The highest BCUT2D eigenvalue weighted by molar-refractivity contribution is 5.15. The third kappa shape index (κ3) is 3.22. The quantitative estimate of drug-likeness (QED) is 0.446. The smallest absolute Gasteiger partial charge is 0.0515 e. The van der Waals surface area contributed by atoms with E-state index in [9.17, 15) is 0 Å². The number of azide groups is 1. The van der Waals surface area contributed by atoms with Gasteiger partial charge in [-0.15, -0.1) is 0 Å². The summed E-state index contributed by atoms with van der Waals surface area (Å²) in [7, 11) is 0. The fraction of sp³-hybridized carbons (Fsp3) is 0.462. The van der Waals surface area contributed by atoms with Crippen LogP contribution in [0.3, 0.4) is 0 Å². The molecule has 1 heterocycles. The molecule has 1 fully saturated rings. The summed E-state index contributed by atoms with van der Waals surface area (Å²) >= 11 is 0. The van der Waals surface area contributed by atoms with E-state index < -0.39 is 0 Å². The van der Waals surface area contributed by atoms with Crippen molar-refractivity contribution in [3.05, 3.63) is 52.8 Å². The van der Waals surface area contributed by atoms with Crippen LogP contribution < -0.4 is 0 Å². The van der Waals surface area contributed by atoms with Crippen molar-refractivity contribution in [3.8, 4) is 0 Å². The lowest BCUT2D eigenvalue weighted by Gasteiger charge is -2.35. The molecule has 1 atom stereocenters. The molecule has 1 aliphatic rings. The van der Waals surface area contributed by atoms with Gasteiger partial charge in [-0.3, -0.25) is 4.90 Å². The highest BCUT2D eigenvalue weighted by atomic mass is 15.2. The van der Waals surface area contributed by atoms with Crippen molar-refractivity contribution in [1.29, 1.82) is 0 Å². The fourth-order valence-corrected chi connectivity index (χ4v) is 2.08. The largest absolute Gasteiger partial charge is 0.299 e. The highest BCUT2D eigenvalue weighted by Gasteiger charge is 2.29. The first-order valence-electron chi connectivity index (χ1n) is 5.89. The Balaban J connectivity index is 1.90. The topological polar surface area (TPSA) is 52.0 Å². The van der Waals surface area contributed by atoms with E-state index in [1.165, 1.54) is 5.56 Å². The molecule has 4 nitrogen and oxygen atoms in total. The van der Waals surface area contributed by atoms with Crippen LogP contribution in [0.2, 0.25) is 0 Å². The molecule has 1 saturated heterocycles. The molecule has 4 heteroatoms. The predicted octanol–water partition coefficient (Wildman–Crippen LogP) is 3.17. The maximum atomic E-state index is 8.51. The standard InChI is InChI=1S/C13H17N4/c1-13(15-16-14)7-9-17(10-8-13)11-12-5-3-2-4-6-12/h2-7H,8-11H2,1H3. The predicted molar refractivity (Wildman–Crippen MR) is 68.2 cm³/mol. The van der Waals surface area contributed by atoms with Gasteiger partial charge in [-0.1, -0.05) is 42.4 Å². The summed E-state index contributed by atoms with van der Waals surface area (Å²) in [5, 5.41) is 3.86. The van der Waals surface area contributed by atoms with Gasteiger partial charge in [-0.25, -0.2) is 0 Å². The number of likely N-dealkylation sites (tertiary alicyclic amines) is 1. The lowest BCUT2D eigenvalue weighted by Crippen LogP contribution is -2.41. The zero-order chi connectivity index (χ0) is 12.1. The number of piperidine rings is 1. The van der Waals surface area contributed by atoms with Crippen LogP contribution >= 0.6 is 0 Å². The summed E-state index contributed by atoms with van der Waals surface area (Å²) < 4.78 is 0. The van der Waals surface area contributed by atoms with Crippen molar-refractivity contribution in [2.45, 2.75) is 25.4 Å². The Morgan fingerprint density at radius 3 is 2.76 bits per heavy atom. The van der Waals surface area contributed by atoms with E-state index in [2.05, 4.69) is 45.6 Å². The van der Waals surface area contributed by atoms with E-state index in [0.29, 0.717) is 0 Å². The molecule has 1 aliphatic heterocycles. The Hall–Kier alpha value is -1.51. The minimum atomic E-state index is -0.304. The van der Waals surface area contributed by atoms with E-state index in [4.69, 9.17) is 5.53 Å². The van der Waals surface area contributed by atoms with Crippen LogP contribution in [0.4, 0.5) is 0 Å². The van der Waals surface area contributed by atoms with Crippen molar-refractivity contribution in [2.24, 2.45) is 5.11 Å². The second-order valence-electron chi connectivity index (χ2n) is 4.72. The zero-order valence-corrected chi connectivity index (χ0v) is 10.1. The van der Waals surface area contributed by atoms with Gasteiger partial charge in [0.1, 0.15) is 0 Å². The van der Waals surface area contributed by atoms with E-state index in [0.717, 1.165) is 26.1 Å². The molecule has 89 valence electrons. The number of nitrogens with zero attached hydrogens (tertiary/aromatic N) is 4. The Morgan fingerprint density at radius 2 is 2.18 bits per heavy atom. The van der Waals surface area contributed by atoms with Crippen LogP contribution in [-0.4, -0.2) is 23.5 Å². The molecule has 1 aromatic rings. The number of benzene rings is 1. The average Bonchev–Trinajstić information content (AvgIpc) is 2.34. The molecule has 0 N–H and O–H groups in total. The third-order valence-electron chi connectivity index (χ3n) is 3.25. The van der Waals surface area contributed by atoms with E-state index in [1.54, 1.807) is 0 Å². The van der Waals surface area contributed by atoms with Crippen LogP contribution in [0, 0.1) is 6.42 Å². The van der Waals surface area contributed by atoms with E-state index in [1.807, 2.05) is 13.0 Å². The van der Waals surface area contributed by atoms with Crippen molar-refractivity contribution in [3.63, 3.8) is 0 Å². The lowest BCUT2D eigenvalue weighted by molar-refractivity contribution is 0.211. The van der Waals surface area contributed by atoms with Crippen LogP contribution in [0.25, 0.3) is 10.4 Å². The molecule has 0 bridgehead atoms. The fourth-order valence-electron chi connectivity index (χ4n) is 2.08. The molecule has 0 spiro atoms. The molecule has 1 unspecified atom stereocenters. The normalized spacial score (nSPS) is 19.6. The molecule has 0 amide bonds. The third-order valence-corrected chi connectivity index (χ3v) is 3.25. The van der Waals surface area contributed by atoms with Crippen LogP contribution in [0.1, 0.15) is 18.9 Å². The molecule has 0 aliphatic carbocycles. The summed E-state index contributed by atoms with van der Waals surface area (Å²) in [4.78, 5) is 5.28. The second kappa shape index (κ2) is 5.21. The number of rotatable bonds is 3. The summed E-state index contributed by atoms with van der Waals surface area (Å²) in [5.74, 6) is 0. The number of hydrogen-bond donors (Lipinski definition) is 0. The molecular formula is C13H17N4. The van der Waals surface area contributed by atoms with Crippen molar-refractivity contribution < 1.29 is 0 Å². The molecular weight excluding hydrogens is 212 g/mol. The SMILES string of the molecule is CC1(N=[N+]=[N-])[CH]CN(Cc2ccccc2)CC1. The van der Waals surface area contributed by atoms with E-state index in [-0.39, 0.29) is 5.54 Å². The van der Waals surface area contributed by atoms with Gasteiger partial charge in [0, 0.05) is 18.0 Å². The van der Waals surface area contributed by atoms with Crippen LogP contribution in [0.5, 0.6) is 0 Å². The maximum Gasteiger partial charge on any atom is 0.0515 e. The summed E-state index contributed by atoms with van der Waals surface area (Å²) in [6.07, 6.45) is 3.00. The minimum Gasteiger partial charge on any atom is -0.299 e. The molecule has 0 aromatic heterocycles. The minimum absolute atomic E-state index is 0.304. The molecule has 2 rings (SSSR count). The zero-order valence-electron chi connectivity index (χ0n) is 10.1. The average molecular weight is 229 g/mol. The van der Waals surface area contributed by atoms with Gasteiger partial charge in [0.25, 0.3) is 0 Å². The molecule has 0 saturated carbocycles. The monoisotopic (exact) mass is 229 g/mol. The van der Waals surface area contributed by atoms with Gasteiger partial charge in [-0.2, -0.15) is 0 Å². The summed E-state index contributed by atoms with van der Waals surface area (Å²) in [6.45, 7) is 4.81. The van der Waals surface area contributed by atoms with Gasteiger partial charge in [-0.05, 0) is 30.5 Å². The molecule has 1 radical (unpaired) electrons. The Kier molecular flexibility index (Phi) is 3.67. The van der Waals surface area contributed by atoms with Gasteiger partial charge in [0.05, 0.1) is 5.54 Å². The molecule has 17 heavy (non-hydrogen) atoms. The summed E-state index contributed by atoms with van der Waals surface area (Å²) in [6, 6.07) is 10.4. The van der Waals surface area contributed by atoms with Gasteiger partial charge in [0.15, 0.2) is 0 Å². The van der Waals surface area contributed by atoms with Gasteiger partial charge >= 0.3 is 0 Å². The Labute approximate surface area is 102 Å². The first-order valence-corrected chi connectivity index (χ1v) is 5.89. The van der Waals surface area contributed by atoms with Crippen molar-refractivity contribution in [2.75, 3.05) is 13.1 Å². The van der Waals surface area contributed by atoms with E-state index >= 15 is 0 Å². The first kappa shape index (κ1) is 12.0. The highest BCUT2D eigenvalue weighted by Crippen LogP contribution is 2.25. The first-order chi connectivity index (χ1) is 8.22. The maximum absolute atomic E-state index is 8.51. The Bertz CT molecular complexity index is 401.